The molecule has 1 N–H and O–H groups in total. The van der Waals surface area contributed by atoms with Gasteiger partial charge in [0.25, 0.3) is 0 Å². The summed E-state index contributed by atoms with van der Waals surface area (Å²) in [5.41, 5.74) is 0.394. The molecule has 0 amide bonds. The molecule has 0 saturated heterocycles. The molecule has 1 aromatic carbocycles. The van der Waals surface area contributed by atoms with Crippen LogP contribution in [-0.4, -0.2) is 12.0 Å². The molecule has 21 heavy (non-hydrogen) atoms. The van der Waals surface area contributed by atoms with Crippen LogP contribution >= 0.6 is 23.1 Å². The summed E-state index contributed by atoms with van der Waals surface area (Å²) < 4.78 is 38.7. The number of hydrogen-bond donors (Lipinski definition) is 1. The van der Waals surface area contributed by atoms with E-state index in [1.54, 1.807) is 7.05 Å². The average molecular weight is 332 g/mol. The maximum atomic E-state index is 12.9. The molecule has 0 unspecified atom stereocenters. The van der Waals surface area contributed by atoms with E-state index in [0.29, 0.717) is 10.8 Å². The second-order valence-corrected chi connectivity index (χ2v) is 6.73. The van der Waals surface area contributed by atoms with Gasteiger partial charge in [0, 0.05) is 11.4 Å². The van der Waals surface area contributed by atoms with Crippen LogP contribution in [0.3, 0.4) is 0 Å². The minimum Gasteiger partial charge on any atom is -0.315 e. The molecule has 0 fully saturated rings. The van der Waals surface area contributed by atoms with Crippen molar-refractivity contribution in [3.8, 4) is 0 Å². The zero-order chi connectivity index (χ0) is 15.5. The molecular formula is C14H15F3N2S2. The van der Waals surface area contributed by atoms with Crippen molar-refractivity contribution in [2.24, 2.45) is 0 Å². The predicted octanol–water partition coefficient (Wildman–Crippen LogP) is 4.48. The first-order valence-corrected chi connectivity index (χ1v) is 8.10. The Hall–Kier alpha value is -1.05. The average Bonchev–Trinajstić information content (AvgIpc) is 2.82. The number of thiazole rings is 1. The Kier molecular flexibility index (Phi) is 5.29. The van der Waals surface area contributed by atoms with Crippen LogP contribution in [0.5, 0.6) is 0 Å². The van der Waals surface area contributed by atoms with Gasteiger partial charge in [-0.1, -0.05) is 17.7 Å². The van der Waals surface area contributed by atoms with Gasteiger partial charge in [0.15, 0.2) is 5.69 Å². The molecule has 7 heteroatoms. The van der Waals surface area contributed by atoms with Gasteiger partial charge in [0.05, 0.1) is 10.6 Å². The highest BCUT2D eigenvalue weighted by atomic mass is 32.2. The summed E-state index contributed by atoms with van der Waals surface area (Å²) in [6.07, 6.45) is -4.39. The smallest absolute Gasteiger partial charge is 0.315 e. The number of aryl methyl sites for hydroxylation is 1. The normalized spacial score (nSPS) is 11.9. The first-order chi connectivity index (χ1) is 9.90. The largest absolute Gasteiger partial charge is 0.434 e. The van der Waals surface area contributed by atoms with Gasteiger partial charge >= 0.3 is 6.18 Å². The number of thioether (sulfide) groups is 1. The van der Waals surface area contributed by atoms with Crippen LogP contribution in [0.2, 0.25) is 0 Å². The monoisotopic (exact) mass is 332 g/mol. The van der Waals surface area contributed by atoms with Gasteiger partial charge in [-0.2, -0.15) is 13.2 Å². The van der Waals surface area contributed by atoms with E-state index in [4.69, 9.17) is 0 Å². The maximum absolute atomic E-state index is 12.9. The third-order valence-corrected chi connectivity index (χ3v) is 4.99. The van der Waals surface area contributed by atoms with Crippen molar-refractivity contribution in [1.82, 2.24) is 10.3 Å². The molecule has 0 saturated carbocycles. The molecule has 114 valence electrons. The molecule has 0 aliphatic carbocycles. The Morgan fingerprint density at radius 1 is 1.24 bits per heavy atom. The first kappa shape index (κ1) is 16.3. The van der Waals surface area contributed by atoms with Gasteiger partial charge in [0.1, 0.15) is 5.01 Å². The van der Waals surface area contributed by atoms with E-state index >= 15 is 0 Å². The standard InChI is InChI=1S/C14H15F3N2S2/c1-9-3-5-10(6-4-9)20-8-12-19-13(14(15,16)17)11(21-12)7-18-2/h3-6,18H,7-8H2,1-2H3. The fourth-order valence-corrected chi connectivity index (χ4v) is 3.74. The lowest BCUT2D eigenvalue weighted by Gasteiger charge is -2.04. The van der Waals surface area contributed by atoms with E-state index in [1.165, 1.54) is 11.8 Å². The SMILES string of the molecule is CNCc1sc(CSc2ccc(C)cc2)nc1C(F)(F)F. The van der Waals surface area contributed by atoms with E-state index in [9.17, 15) is 13.2 Å². The first-order valence-electron chi connectivity index (χ1n) is 6.30. The number of benzene rings is 1. The molecule has 2 aromatic rings. The minimum absolute atomic E-state index is 0.182. The second kappa shape index (κ2) is 6.81. The van der Waals surface area contributed by atoms with Gasteiger partial charge in [-0.3, -0.25) is 0 Å². The van der Waals surface area contributed by atoms with Crippen LogP contribution in [0.1, 0.15) is 21.1 Å². The van der Waals surface area contributed by atoms with E-state index < -0.39 is 11.9 Å². The Labute approximate surface area is 129 Å². The highest BCUT2D eigenvalue weighted by Gasteiger charge is 2.37. The highest BCUT2D eigenvalue weighted by Crippen LogP contribution is 2.36. The van der Waals surface area contributed by atoms with Crippen molar-refractivity contribution < 1.29 is 13.2 Å². The molecule has 0 bridgehead atoms. The van der Waals surface area contributed by atoms with Gasteiger partial charge in [0.2, 0.25) is 0 Å². The molecule has 0 aliphatic rings. The summed E-state index contributed by atoms with van der Waals surface area (Å²) in [6, 6.07) is 7.90. The molecular weight excluding hydrogens is 317 g/mol. The molecule has 0 radical (unpaired) electrons. The Morgan fingerprint density at radius 3 is 2.48 bits per heavy atom. The summed E-state index contributed by atoms with van der Waals surface area (Å²) in [5, 5.41) is 3.25. The van der Waals surface area contributed by atoms with Crippen molar-refractivity contribution in [3.05, 3.63) is 45.4 Å². The number of nitrogens with one attached hydrogen (secondary N) is 1. The Bertz CT molecular complexity index is 591. The molecule has 0 aliphatic heterocycles. The molecule has 1 aromatic heterocycles. The highest BCUT2D eigenvalue weighted by molar-refractivity contribution is 7.98. The summed E-state index contributed by atoms with van der Waals surface area (Å²) in [6.45, 7) is 2.18. The summed E-state index contributed by atoms with van der Waals surface area (Å²) in [7, 11) is 1.63. The number of nitrogens with zero attached hydrogens (tertiary/aromatic N) is 1. The lowest BCUT2D eigenvalue weighted by Crippen LogP contribution is -2.12. The fourth-order valence-electron chi connectivity index (χ4n) is 1.74. The molecule has 2 nitrogen and oxygen atoms in total. The summed E-state index contributed by atoms with van der Waals surface area (Å²) >= 11 is 2.61. The second-order valence-electron chi connectivity index (χ2n) is 4.51. The number of aromatic nitrogens is 1. The molecule has 1 heterocycles. The quantitative estimate of drug-likeness (QED) is 0.817. The zero-order valence-corrected chi connectivity index (χ0v) is 13.3. The van der Waals surface area contributed by atoms with Crippen LogP contribution in [0.25, 0.3) is 0 Å². The minimum atomic E-state index is -4.39. The van der Waals surface area contributed by atoms with Gasteiger partial charge in [-0.25, -0.2) is 4.98 Å². The van der Waals surface area contributed by atoms with Crippen LogP contribution in [0.15, 0.2) is 29.2 Å². The Morgan fingerprint density at radius 2 is 1.90 bits per heavy atom. The van der Waals surface area contributed by atoms with Gasteiger partial charge < -0.3 is 5.32 Å². The van der Waals surface area contributed by atoms with E-state index in [1.807, 2.05) is 31.2 Å². The van der Waals surface area contributed by atoms with Crippen LogP contribution < -0.4 is 5.32 Å². The van der Waals surface area contributed by atoms with Crippen LogP contribution in [0, 0.1) is 6.92 Å². The number of hydrogen-bond acceptors (Lipinski definition) is 4. The van der Waals surface area contributed by atoms with Crippen molar-refractivity contribution in [3.63, 3.8) is 0 Å². The van der Waals surface area contributed by atoms with Crippen LogP contribution in [-0.2, 0) is 18.5 Å². The van der Waals surface area contributed by atoms with Gasteiger partial charge in [-0.05, 0) is 26.1 Å². The van der Waals surface area contributed by atoms with E-state index in [0.717, 1.165) is 21.8 Å². The van der Waals surface area contributed by atoms with E-state index in [-0.39, 0.29) is 11.4 Å². The third-order valence-electron chi connectivity index (χ3n) is 2.73. The maximum Gasteiger partial charge on any atom is 0.434 e. The van der Waals surface area contributed by atoms with Crippen molar-refractivity contribution in [2.45, 2.75) is 30.3 Å². The summed E-state index contributed by atoms with van der Waals surface area (Å²) in [4.78, 5) is 5.03. The molecule has 0 spiro atoms. The molecule has 2 rings (SSSR count). The number of halogens is 3. The van der Waals surface area contributed by atoms with Crippen molar-refractivity contribution in [1.29, 1.82) is 0 Å². The number of rotatable bonds is 5. The topological polar surface area (TPSA) is 24.9 Å². The zero-order valence-electron chi connectivity index (χ0n) is 11.6. The van der Waals surface area contributed by atoms with Crippen LogP contribution in [0.4, 0.5) is 13.2 Å². The predicted molar refractivity (Wildman–Crippen MR) is 80.6 cm³/mol. The molecule has 0 atom stereocenters. The summed E-state index contributed by atoms with van der Waals surface area (Å²) in [5.74, 6) is 0.445. The number of alkyl halides is 3. The van der Waals surface area contributed by atoms with Crippen molar-refractivity contribution in [2.75, 3.05) is 7.05 Å². The van der Waals surface area contributed by atoms with Crippen molar-refractivity contribution >= 4 is 23.1 Å². The lowest BCUT2D eigenvalue weighted by atomic mass is 10.2. The lowest BCUT2D eigenvalue weighted by molar-refractivity contribution is -0.141. The van der Waals surface area contributed by atoms with Gasteiger partial charge in [-0.15, -0.1) is 23.1 Å². The Balaban J connectivity index is 2.11. The fraction of sp³-hybridized carbons (Fsp3) is 0.357. The third kappa shape index (κ3) is 4.46. The van der Waals surface area contributed by atoms with E-state index in [2.05, 4.69) is 10.3 Å².